The number of carbonyl (C=O) groups excluding carboxylic acids is 2. The minimum absolute atomic E-state index is 0.249. The minimum atomic E-state index is -0.593. The maximum atomic E-state index is 13.0. The van der Waals surface area contributed by atoms with Crippen LogP contribution in [-0.4, -0.2) is 35.2 Å². The zero-order valence-corrected chi connectivity index (χ0v) is 15.8. The molecule has 3 aromatic rings. The first-order valence-electron chi connectivity index (χ1n) is 9.32. The maximum absolute atomic E-state index is 13.0. The van der Waals surface area contributed by atoms with E-state index in [2.05, 4.69) is 15.5 Å². The van der Waals surface area contributed by atoms with Crippen molar-refractivity contribution in [3.05, 3.63) is 47.7 Å². The zero-order valence-electron chi connectivity index (χ0n) is 15.8. The number of hydrogen-bond donors (Lipinski definition) is 1. The number of rotatable bonds is 6. The summed E-state index contributed by atoms with van der Waals surface area (Å²) >= 11 is 0. The second-order valence-corrected chi connectivity index (χ2v) is 7.05. The van der Waals surface area contributed by atoms with E-state index in [9.17, 15) is 9.59 Å². The van der Waals surface area contributed by atoms with E-state index in [0.717, 1.165) is 18.4 Å². The van der Waals surface area contributed by atoms with Crippen molar-refractivity contribution in [2.75, 3.05) is 13.2 Å². The summed E-state index contributed by atoms with van der Waals surface area (Å²) in [6, 6.07) is 11.3. The van der Waals surface area contributed by atoms with Gasteiger partial charge in [0.1, 0.15) is 0 Å². The highest BCUT2D eigenvalue weighted by atomic mass is 16.5. The van der Waals surface area contributed by atoms with Crippen molar-refractivity contribution in [3.63, 3.8) is 0 Å². The third-order valence-corrected chi connectivity index (χ3v) is 5.08. The van der Waals surface area contributed by atoms with Crippen molar-refractivity contribution in [1.29, 1.82) is 0 Å². The lowest BCUT2D eigenvalue weighted by atomic mass is 10.0. The summed E-state index contributed by atoms with van der Waals surface area (Å²) in [4.78, 5) is 29.6. The normalized spacial score (nSPS) is 14.6. The van der Waals surface area contributed by atoms with Crippen LogP contribution in [0, 0.1) is 12.3 Å². The van der Waals surface area contributed by atoms with Gasteiger partial charge >= 0.3 is 5.97 Å². The second-order valence-electron chi connectivity index (χ2n) is 7.05. The van der Waals surface area contributed by atoms with Crippen molar-refractivity contribution in [3.8, 4) is 11.3 Å². The fraction of sp³-hybridized carbons (Fsp3) is 0.333. The number of fused-ring (bicyclic) bond motifs is 1. The highest BCUT2D eigenvalue weighted by molar-refractivity contribution is 6.07. The fourth-order valence-corrected chi connectivity index (χ4v) is 3.26. The summed E-state index contributed by atoms with van der Waals surface area (Å²) in [6.45, 7) is 4.13. The van der Waals surface area contributed by atoms with Crippen molar-refractivity contribution in [2.24, 2.45) is 5.41 Å². The Balaban J connectivity index is 1.64. The first kappa shape index (κ1) is 18.2. The van der Waals surface area contributed by atoms with E-state index in [0.29, 0.717) is 34.7 Å². The molecule has 28 heavy (non-hydrogen) atoms. The van der Waals surface area contributed by atoms with E-state index < -0.39 is 5.41 Å². The van der Waals surface area contributed by atoms with Gasteiger partial charge in [-0.2, -0.15) is 0 Å². The third-order valence-electron chi connectivity index (χ3n) is 5.08. The molecule has 4 rings (SSSR count). The molecule has 0 atom stereocenters. The standard InChI is InChI=1S/C21H21N3O4/c1-3-27-20(26)21(9-10-21)12-22-18(25)15-11-16(14-7-5-4-6-8-14)23-19-17(15)13(2)24-28-19/h4-8,11H,3,9-10,12H2,1-2H3,(H,22,25). The maximum Gasteiger partial charge on any atom is 0.313 e. The molecule has 1 N–H and O–H groups in total. The molecule has 0 aliphatic heterocycles. The number of nitrogens with zero attached hydrogens (tertiary/aromatic N) is 2. The first-order valence-corrected chi connectivity index (χ1v) is 9.32. The molecular formula is C21H21N3O4. The van der Waals surface area contributed by atoms with E-state index in [1.54, 1.807) is 19.9 Å². The van der Waals surface area contributed by atoms with Crippen molar-refractivity contribution < 1.29 is 18.8 Å². The monoisotopic (exact) mass is 379 g/mol. The highest BCUT2D eigenvalue weighted by Crippen LogP contribution is 2.46. The smallest absolute Gasteiger partial charge is 0.313 e. The Morgan fingerprint density at radius 3 is 2.68 bits per heavy atom. The summed E-state index contributed by atoms with van der Waals surface area (Å²) in [5, 5.41) is 7.43. The second kappa shape index (κ2) is 7.07. The molecule has 144 valence electrons. The Morgan fingerprint density at radius 1 is 1.25 bits per heavy atom. The summed E-state index contributed by atoms with van der Waals surface area (Å²) in [5.74, 6) is -0.534. The van der Waals surface area contributed by atoms with Crippen LogP contribution in [0.5, 0.6) is 0 Å². The quantitative estimate of drug-likeness (QED) is 0.661. The molecule has 0 radical (unpaired) electrons. The van der Waals surface area contributed by atoms with Gasteiger partial charge in [0.15, 0.2) is 0 Å². The van der Waals surface area contributed by atoms with E-state index in [4.69, 9.17) is 9.26 Å². The van der Waals surface area contributed by atoms with Crippen LogP contribution in [0.15, 0.2) is 40.9 Å². The van der Waals surface area contributed by atoms with Gasteiger partial charge in [-0.25, -0.2) is 4.98 Å². The molecule has 1 aromatic carbocycles. The number of benzene rings is 1. The molecule has 0 spiro atoms. The van der Waals surface area contributed by atoms with Gasteiger partial charge in [-0.1, -0.05) is 35.5 Å². The molecule has 0 bridgehead atoms. The number of pyridine rings is 1. The topological polar surface area (TPSA) is 94.3 Å². The summed E-state index contributed by atoms with van der Waals surface area (Å²) in [5.41, 5.74) is 2.25. The molecule has 2 aromatic heterocycles. The first-order chi connectivity index (χ1) is 13.5. The summed E-state index contributed by atoms with van der Waals surface area (Å²) in [7, 11) is 0. The number of carbonyl (C=O) groups is 2. The lowest BCUT2D eigenvalue weighted by Gasteiger charge is -2.15. The van der Waals surface area contributed by atoms with E-state index in [1.807, 2.05) is 30.3 Å². The van der Waals surface area contributed by atoms with Crippen LogP contribution >= 0.6 is 0 Å². The number of amides is 1. The van der Waals surface area contributed by atoms with Crippen LogP contribution in [0.4, 0.5) is 0 Å². The number of aryl methyl sites for hydroxylation is 1. The molecule has 0 saturated heterocycles. The van der Waals surface area contributed by atoms with Gasteiger partial charge in [-0.15, -0.1) is 0 Å². The summed E-state index contributed by atoms with van der Waals surface area (Å²) < 4.78 is 10.5. The number of ether oxygens (including phenoxy) is 1. The van der Waals surface area contributed by atoms with E-state index >= 15 is 0 Å². The van der Waals surface area contributed by atoms with Crippen molar-refractivity contribution in [2.45, 2.75) is 26.7 Å². The number of hydrogen-bond acceptors (Lipinski definition) is 6. The molecular weight excluding hydrogens is 358 g/mol. The van der Waals surface area contributed by atoms with Crippen LogP contribution in [0.1, 0.15) is 35.8 Å². The Labute approximate surface area is 162 Å². The molecule has 1 saturated carbocycles. The summed E-state index contributed by atoms with van der Waals surface area (Å²) in [6.07, 6.45) is 1.44. The molecule has 1 aliphatic rings. The minimum Gasteiger partial charge on any atom is -0.466 e. The Kier molecular flexibility index (Phi) is 4.58. The van der Waals surface area contributed by atoms with E-state index in [1.165, 1.54) is 0 Å². The molecule has 0 unspecified atom stereocenters. The molecule has 7 nitrogen and oxygen atoms in total. The predicted molar refractivity (Wildman–Crippen MR) is 103 cm³/mol. The van der Waals surface area contributed by atoms with Gasteiger partial charge in [-0.05, 0) is 32.8 Å². The van der Waals surface area contributed by atoms with E-state index in [-0.39, 0.29) is 18.4 Å². The van der Waals surface area contributed by atoms with Crippen LogP contribution < -0.4 is 5.32 Å². The lowest BCUT2D eigenvalue weighted by Crippen LogP contribution is -2.35. The number of aromatic nitrogens is 2. The zero-order chi connectivity index (χ0) is 19.7. The van der Waals surface area contributed by atoms with Gasteiger partial charge in [0, 0.05) is 12.1 Å². The van der Waals surface area contributed by atoms with Crippen LogP contribution in [0.25, 0.3) is 22.4 Å². The highest BCUT2D eigenvalue weighted by Gasteiger charge is 2.51. The average Bonchev–Trinajstić information content (AvgIpc) is 3.43. The molecule has 1 fully saturated rings. The van der Waals surface area contributed by atoms with Crippen molar-refractivity contribution >= 4 is 23.0 Å². The molecule has 7 heteroatoms. The Bertz CT molecular complexity index is 1040. The number of esters is 1. The van der Waals surface area contributed by atoms with Crippen molar-refractivity contribution in [1.82, 2.24) is 15.5 Å². The van der Waals surface area contributed by atoms with Gasteiger partial charge < -0.3 is 14.6 Å². The third kappa shape index (κ3) is 3.24. The van der Waals surface area contributed by atoms with Crippen LogP contribution in [0.2, 0.25) is 0 Å². The fourth-order valence-electron chi connectivity index (χ4n) is 3.26. The Morgan fingerprint density at radius 2 is 2.00 bits per heavy atom. The number of nitrogens with one attached hydrogen (secondary N) is 1. The average molecular weight is 379 g/mol. The molecule has 1 amide bonds. The predicted octanol–water partition coefficient (Wildman–Crippen LogP) is 3.27. The lowest BCUT2D eigenvalue weighted by molar-refractivity contribution is -0.149. The molecule has 2 heterocycles. The van der Waals surface area contributed by atoms with Gasteiger partial charge in [0.05, 0.1) is 34.4 Å². The molecule has 1 aliphatic carbocycles. The van der Waals surface area contributed by atoms with Gasteiger partial charge in [0.25, 0.3) is 11.6 Å². The van der Waals surface area contributed by atoms with Gasteiger partial charge in [0.2, 0.25) is 0 Å². The Hall–Kier alpha value is -3.22. The van der Waals surface area contributed by atoms with Gasteiger partial charge in [-0.3, -0.25) is 9.59 Å². The van der Waals surface area contributed by atoms with Crippen LogP contribution in [0.3, 0.4) is 0 Å². The SMILES string of the molecule is CCOC(=O)C1(CNC(=O)c2cc(-c3ccccc3)nc3onc(C)c23)CC1. The van der Waals surface area contributed by atoms with Crippen LogP contribution in [-0.2, 0) is 9.53 Å². The largest absolute Gasteiger partial charge is 0.466 e.